The van der Waals surface area contributed by atoms with Crippen LogP contribution in [0.5, 0.6) is 5.75 Å². The predicted octanol–water partition coefficient (Wildman–Crippen LogP) is 2.54. The van der Waals surface area contributed by atoms with E-state index >= 15 is 0 Å². The van der Waals surface area contributed by atoms with Crippen LogP contribution in [0, 0.1) is 17.8 Å². The molecule has 1 amide bonds. The van der Waals surface area contributed by atoms with E-state index in [-0.39, 0.29) is 18.0 Å². The van der Waals surface area contributed by atoms with Crippen molar-refractivity contribution >= 4 is 42.8 Å². The van der Waals surface area contributed by atoms with Crippen LogP contribution in [0.3, 0.4) is 0 Å². The van der Waals surface area contributed by atoms with Gasteiger partial charge >= 0.3 is 234 Å². The molecule has 2 atom stereocenters. The van der Waals surface area contributed by atoms with Crippen molar-refractivity contribution in [2.45, 2.75) is 24.4 Å². The summed E-state index contributed by atoms with van der Waals surface area (Å²) in [5.74, 6) is 8.01. The van der Waals surface area contributed by atoms with Crippen LogP contribution in [0.2, 0.25) is 0 Å². The molecule has 1 saturated carbocycles. The van der Waals surface area contributed by atoms with Crippen LogP contribution in [-0.4, -0.2) is 101 Å². The zero-order valence-electron chi connectivity index (χ0n) is 23.4. The third-order valence-corrected chi connectivity index (χ3v) is 9.17. The minimum absolute atomic E-state index is 0.0837. The van der Waals surface area contributed by atoms with Gasteiger partial charge in [0, 0.05) is 0 Å². The Balaban J connectivity index is 0.00000113. The van der Waals surface area contributed by atoms with Crippen molar-refractivity contribution in [1.29, 1.82) is 0 Å². The van der Waals surface area contributed by atoms with Gasteiger partial charge in [-0.05, 0) is 0 Å². The van der Waals surface area contributed by atoms with Crippen LogP contribution in [-0.2, 0) is 4.74 Å². The second-order valence-electron chi connectivity index (χ2n) is 10.3. The Bertz CT molecular complexity index is 1490. The van der Waals surface area contributed by atoms with Crippen LogP contribution in [0.25, 0.3) is 5.52 Å². The first-order valence-electron chi connectivity index (χ1n) is 13.6. The molecule has 9 nitrogen and oxygen atoms in total. The number of methoxy groups -OCH3 is 1. The van der Waals surface area contributed by atoms with Gasteiger partial charge in [-0.2, -0.15) is 0 Å². The summed E-state index contributed by atoms with van der Waals surface area (Å²) in [5.41, 5.74) is 2.44. The SMILES string of the molecule is CNC(=O)c1ccc(OC)c(NCC#Cc2nn3c(NC45CCN(C6COC6)CC4C5)cccc3c2[Se]F)c1.FCF. The van der Waals surface area contributed by atoms with E-state index in [4.69, 9.17) is 14.6 Å². The molecule has 42 heavy (non-hydrogen) atoms. The summed E-state index contributed by atoms with van der Waals surface area (Å²) in [6, 6.07) is 11.6. The zero-order chi connectivity index (χ0) is 29.7. The normalized spacial score (nSPS) is 21.1. The molecule has 3 aromatic rings. The Hall–Kier alpha value is -3.43. The monoisotopic (exact) mass is 650 g/mol. The molecule has 2 unspecified atom stereocenters. The minimum atomic E-state index is -1.75. The largest absolute Gasteiger partial charge is 0.229 e. The molecule has 6 rings (SSSR count). The third-order valence-electron chi connectivity index (χ3n) is 8.00. The van der Waals surface area contributed by atoms with Crippen molar-refractivity contribution < 1.29 is 26.6 Å². The summed E-state index contributed by atoms with van der Waals surface area (Å²) in [5, 5.41) is 14.3. The molecular formula is C29H33F3N6O3Se. The molecule has 224 valence electrons. The second-order valence-corrected chi connectivity index (χ2v) is 11.5. The summed E-state index contributed by atoms with van der Waals surface area (Å²) in [4.78, 5) is 14.6. The maximum absolute atomic E-state index is 14.2. The molecule has 0 spiro atoms. The molecule has 4 heterocycles. The van der Waals surface area contributed by atoms with Gasteiger partial charge in [-0.1, -0.05) is 0 Å². The topological polar surface area (TPSA) is 92.2 Å². The number of piperidine rings is 1. The quantitative estimate of drug-likeness (QED) is 0.255. The maximum Gasteiger partial charge on any atom is 0.229 e. The van der Waals surface area contributed by atoms with Gasteiger partial charge in [0.05, 0.1) is 0 Å². The number of nitrogens with one attached hydrogen (secondary N) is 3. The van der Waals surface area contributed by atoms with E-state index in [1.807, 2.05) is 18.2 Å². The van der Waals surface area contributed by atoms with Gasteiger partial charge in [0.15, 0.2) is 0 Å². The van der Waals surface area contributed by atoms with E-state index < -0.39 is 22.3 Å². The van der Waals surface area contributed by atoms with Crippen molar-refractivity contribution in [3.63, 3.8) is 0 Å². The predicted molar refractivity (Wildman–Crippen MR) is 156 cm³/mol. The van der Waals surface area contributed by atoms with Gasteiger partial charge in [-0.15, -0.1) is 0 Å². The summed E-state index contributed by atoms with van der Waals surface area (Å²) < 4.78 is 46.6. The third kappa shape index (κ3) is 6.17. The van der Waals surface area contributed by atoms with Crippen molar-refractivity contribution in [1.82, 2.24) is 19.8 Å². The molecule has 3 aliphatic rings. The van der Waals surface area contributed by atoms with Gasteiger partial charge in [0.1, 0.15) is 0 Å². The molecule has 3 N–H and O–H groups in total. The number of carbonyl (C=O) groups excluding carboxylic acids is 1. The number of pyridine rings is 1. The number of carbonyl (C=O) groups is 1. The summed E-state index contributed by atoms with van der Waals surface area (Å²) >= 11 is -1.26. The molecule has 2 aromatic heterocycles. The first-order valence-corrected chi connectivity index (χ1v) is 15.1. The van der Waals surface area contributed by atoms with Gasteiger partial charge in [0.2, 0.25) is 6.93 Å². The van der Waals surface area contributed by atoms with Crippen molar-refractivity contribution in [3.05, 3.63) is 47.7 Å². The molecule has 2 saturated heterocycles. The zero-order valence-corrected chi connectivity index (χ0v) is 25.1. The van der Waals surface area contributed by atoms with Crippen LogP contribution >= 0.6 is 0 Å². The number of nitrogens with zero attached hydrogens (tertiary/aromatic N) is 3. The van der Waals surface area contributed by atoms with Crippen LogP contribution in [0.1, 0.15) is 28.9 Å². The van der Waals surface area contributed by atoms with E-state index in [2.05, 4.69) is 32.7 Å². The molecule has 0 bridgehead atoms. The number of likely N-dealkylation sites (tertiary alicyclic amines) is 1. The van der Waals surface area contributed by atoms with Gasteiger partial charge in [0.25, 0.3) is 0 Å². The van der Waals surface area contributed by atoms with Gasteiger partial charge in [-0.3, -0.25) is 0 Å². The average Bonchev–Trinajstić information content (AvgIpc) is 3.56. The Morgan fingerprint density at radius 2 is 2.10 bits per heavy atom. The number of hydrogen-bond acceptors (Lipinski definition) is 7. The Morgan fingerprint density at radius 1 is 1.29 bits per heavy atom. The Labute approximate surface area is 249 Å². The molecule has 13 heteroatoms. The standard InChI is InChI=1S/C28H31FN6O3Se.CH2F2/c1-30-27(36)18-8-9-24(37-2)22(13-18)31-11-4-5-21-26(39-29)23-6-3-7-25(35(23)33-21)32-28-10-12-34(15-19(28)14-28)20-16-38-17-20;2-1-3/h3,6-9,13,19-20,31-32H,10-12,14-17H2,1-2H3,(H,30,36);1H2. The van der Waals surface area contributed by atoms with Crippen molar-refractivity contribution in [2.75, 3.05) is 64.6 Å². The summed E-state index contributed by atoms with van der Waals surface area (Å²) in [7, 11) is 3.15. The van der Waals surface area contributed by atoms with Crippen LogP contribution < -0.4 is 25.1 Å². The number of fused-ring (bicyclic) bond motifs is 2. The van der Waals surface area contributed by atoms with E-state index in [1.54, 1.807) is 36.9 Å². The number of amides is 1. The fourth-order valence-corrected chi connectivity index (χ4v) is 6.42. The van der Waals surface area contributed by atoms with Crippen LogP contribution in [0.15, 0.2) is 36.4 Å². The molecule has 2 aliphatic heterocycles. The van der Waals surface area contributed by atoms with Crippen molar-refractivity contribution in [3.8, 4) is 17.6 Å². The number of anilines is 2. The van der Waals surface area contributed by atoms with Crippen molar-refractivity contribution in [2.24, 2.45) is 5.92 Å². The minimum Gasteiger partial charge on any atom is -0.214 e. The van der Waals surface area contributed by atoms with E-state index in [9.17, 15) is 17.1 Å². The number of alkyl halides is 2. The van der Waals surface area contributed by atoms with E-state index in [1.165, 1.54) is 0 Å². The van der Waals surface area contributed by atoms with Crippen LogP contribution in [0.4, 0.5) is 23.8 Å². The fourth-order valence-electron chi connectivity index (χ4n) is 5.58. The number of aromatic nitrogens is 2. The van der Waals surface area contributed by atoms with Gasteiger partial charge < -0.3 is 0 Å². The first kappa shape index (κ1) is 30.0. The number of benzene rings is 1. The van der Waals surface area contributed by atoms with Gasteiger partial charge in [-0.25, -0.2) is 8.78 Å². The van der Waals surface area contributed by atoms with E-state index in [0.717, 1.165) is 50.5 Å². The van der Waals surface area contributed by atoms with E-state index in [0.29, 0.717) is 39.1 Å². The number of rotatable bonds is 8. The second kappa shape index (κ2) is 13.3. The first-order chi connectivity index (χ1) is 20.5. The molecule has 1 aromatic carbocycles. The summed E-state index contributed by atoms with van der Waals surface area (Å²) in [6.07, 6.45) is 2.21. The Kier molecular flexibility index (Phi) is 9.48. The maximum atomic E-state index is 14.2. The Morgan fingerprint density at radius 3 is 2.76 bits per heavy atom. The number of hydrogen-bond donors (Lipinski definition) is 3. The number of ether oxygens (including phenoxy) is 2. The fraction of sp³-hybridized carbons (Fsp3) is 0.448. The number of halogens is 3. The molecule has 1 aliphatic carbocycles. The smallest absolute Gasteiger partial charge is 0.214 e. The molecule has 0 radical (unpaired) electrons. The summed E-state index contributed by atoms with van der Waals surface area (Å²) in [6.45, 7) is 2.38. The molecule has 3 fully saturated rings. The molecular weight excluding hydrogens is 616 g/mol. The average molecular weight is 650 g/mol.